The van der Waals surface area contributed by atoms with Crippen LogP contribution in [0.4, 0.5) is 0 Å². The van der Waals surface area contributed by atoms with Gasteiger partial charge in [0.25, 0.3) is 0 Å². The Morgan fingerprint density at radius 2 is 2.40 bits per heavy atom. The monoisotopic (exact) mass is 207 g/mol. The second-order valence-corrected chi connectivity index (χ2v) is 4.41. The van der Waals surface area contributed by atoms with Gasteiger partial charge in [-0.05, 0) is 32.7 Å². The molecule has 0 saturated carbocycles. The van der Waals surface area contributed by atoms with Gasteiger partial charge in [-0.3, -0.25) is 4.79 Å². The molecule has 0 spiro atoms. The predicted octanol–water partition coefficient (Wildman–Crippen LogP) is 1.13. The lowest BCUT2D eigenvalue weighted by Gasteiger charge is -2.32. The summed E-state index contributed by atoms with van der Waals surface area (Å²) in [5.74, 6) is 0.654. The van der Waals surface area contributed by atoms with Gasteiger partial charge in [0.15, 0.2) is 5.82 Å². The average Bonchev–Trinajstić information content (AvgIpc) is 2.64. The maximum Gasteiger partial charge on any atom is 0.217 e. The summed E-state index contributed by atoms with van der Waals surface area (Å²) in [6, 6.07) is 0. The molecule has 0 bridgehead atoms. The number of aryl methyl sites for hydroxylation is 1. The summed E-state index contributed by atoms with van der Waals surface area (Å²) in [5, 5.41) is 3.31. The van der Waals surface area contributed by atoms with Gasteiger partial charge in [-0.25, -0.2) is 4.98 Å². The summed E-state index contributed by atoms with van der Waals surface area (Å²) in [5.41, 5.74) is -0.419. The van der Waals surface area contributed by atoms with E-state index in [1.165, 1.54) is 0 Å². The highest BCUT2D eigenvalue weighted by molar-refractivity contribution is 6.00. The van der Waals surface area contributed by atoms with Crippen LogP contribution in [0.15, 0.2) is 12.4 Å². The summed E-state index contributed by atoms with van der Waals surface area (Å²) in [6.45, 7) is 2.90. The first-order valence-electron chi connectivity index (χ1n) is 5.41. The maximum atomic E-state index is 12.3. The van der Waals surface area contributed by atoms with Gasteiger partial charge in [-0.15, -0.1) is 0 Å². The Morgan fingerprint density at radius 1 is 1.60 bits per heavy atom. The SMILES string of the molecule is Cn1ccnc1C(=O)C1(C)CCCCN1. The molecule has 1 fully saturated rings. The molecule has 2 rings (SSSR count). The van der Waals surface area contributed by atoms with E-state index in [2.05, 4.69) is 10.3 Å². The zero-order valence-electron chi connectivity index (χ0n) is 9.29. The molecule has 1 aromatic heterocycles. The molecule has 4 heteroatoms. The van der Waals surface area contributed by atoms with Crippen molar-refractivity contribution in [1.29, 1.82) is 0 Å². The fourth-order valence-electron chi connectivity index (χ4n) is 2.08. The smallest absolute Gasteiger partial charge is 0.217 e. The van der Waals surface area contributed by atoms with E-state index in [0.29, 0.717) is 5.82 Å². The topological polar surface area (TPSA) is 46.9 Å². The van der Waals surface area contributed by atoms with Gasteiger partial charge >= 0.3 is 0 Å². The largest absolute Gasteiger partial charge is 0.332 e. The predicted molar refractivity (Wildman–Crippen MR) is 57.8 cm³/mol. The molecule has 0 amide bonds. The molecule has 0 aromatic carbocycles. The van der Waals surface area contributed by atoms with E-state index in [9.17, 15) is 4.79 Å². The third-order valence-electron chi connectivity index (χ3n) is 3.14. The van der Waals surface area contributed by atoms with Crippen molar-refractivity contribution in [3.8, 4) is 0 Å². The van der Waals surface area contributed by atoms with Gasteiger partial charge in [0.05, 0.1) is 5.54 Å². The summed E-state index contributed by atoms with van der Waals surface area (Å²) in [7, 11) is 1.85. The minimum atomic E-state index is -0.419. The normalized spacial score (nSPS) is 26.5. The van der Waals surface area contributed by atoms with Crippen LogP contribution < -0.4 is 5.32 Å². The molecular weight excluding hydrogens is 190 g/mol. The lowest BCUT2D eigenvalue weighted by Crippen LogP contribution is -2.52. The molecule has 82 valence electrons. The average molecular weight is 207 g/mol. The number of carbonyl (C=O) groups is 1. The quantitative estimate of drug-likeness (QED) is 0.740. The first-order chi connectivity index (χ1) is 7.13. The maximum absolute atomic E-state index is 12.3. The third kappa shape index (κ3) is 1.81. The zero-order valence-corrected chi connectivity index (χ0v) is 9.29. The summed E-state index contributed by atoms with van der Waals surface area (Å²) in [4.78, 5) is 16.4. The Balaban J connectivity index is 2.23. The Kier molecular flexibility index (Phi) is 2.61. The second kappa shape index (κ2) is 3.77. The van der Waals surface area contributed by atoms with Crippen molar-refractivity contribution in [2.75, 3.05) is 6.54 Å². The Hall–Kier alpha value is -1.16. The van der Waals surface area contributed by atoms with Crippen molar-refractivity contribution in [1.82, 2.24) is 14.9 Å². The van der Waals surface area contributed by atoms with E-state index < -0.39 is 5.54 Å². The standard InChI is InChI=1S/C11H17N3O/c1-11(5-3-4-6-13-11)9(15)10-12-7-8-14(10)2/h7-8,13H,3-6H2,1-2H3. The summed E-state index contributed by atoms with van der Waals surface area (Å²) < 4.78 is 1.78. The van der Waals surface area contributed by atoms with E-state index >= 15 is 0 Å². The third-order valence-corrected chi connectivity index (χ3v) is 3.14. The fourth-order valence-corrected chi connectivity index (χ4v) is 2.08. The molecule has 1 atom stereocenters. The first kappa shape index (κ1) is 10.4. The molecule has 2 heterocycles. The molecule has 1 N–H and O–H groups in total. The van der Waals surface area contributed by atoms with Crippen LogP contribution in [-0.4, -0.2) is 27.4 Å². The Labute approximate surface area is 89.7 Å². The van der Waals surface area contributed by atoms with Gasteiger partial charge in [0.2, 0.25) is 5.78 Å². The number of piperidine rings is 1. The molecule has 0 aliphatic carbocycles. The number of imidazole rings is 1. The molecule has 1 saturated heterocycles. The van der Waals surface area contributed by atoms with Crippen LogP contribution in [0.25, 0.3) is 0 Å². The van der Waals surface area contributed by atoms with E-state index in [4.69, 9.17) is 0 Å². The number of nitrogens with zero attached hydrogens (tertiary/aromatic N) is 2. The van der Waals surface area contributed by atoms with Crippen LogP contribution in [0.1, 0.15) is 36.8 Å². The van der Waals surface area contributed by atoms with Crippen molar-refractivity contribution >= 4 is 5.78 Å². The van der Waals surface area contributed by atoms with Gasteiger partial charge < -0.3 is 9.88 Å². The van der Waals surface area contributed by atoms with Crippen LogP contribution in [0.5, 0.6) is 0 Å². The molecule has 1 unspecified atom stereocenters. The number of rotatable bonds is 2. The molecule has 1 aromatic rings. The van der Waals surface area contributed by atoms with Crippen molar-refractivity contribution in [3.05, 3.63) is 18.2 Å². The van der Waals surface area contributed by atoms with Gasteiger partial charge in [0.1, 0.15) is 0 Å². The number of hydrogen-bond acceptors (Lipinski definition) is 3. The summed E-state index contributed by atoms with van der Waals surface area (Å²) >= 11 is 0. The van der Waals surface area contributed by atoms with E-state index in [-0.39, 0.29) is 5.78 Å². The van der Waals surface area contributed by atoms with E-state index in [0.717, 1.165) is 25.8 Å². The van der Waals surface area contributed by atoms with Crippen molar-refractivity contribution in [2.24, 2.45) is 7.05 Å². The number of hydrogen-bond donors (Lipinski definition) is 1. The van der Waals surface area contributed by atoms with Crippen LogP contribution in [0.2, 0.25) is 0 Å². The Bertz CT molecular complexity index is 364. The minimum absolute atomic E-state index is 0.106. The van der Waals surface area contributed by atoms with Gasteiger partial charge in [0, 0.05) is 19.4 Å². The van der Waals surface area contributed by atoms with Crippen molar-refractivity contribution in [2.45, 2.75) is 31.7 Å². The molecular formula is C11H17N3O. The number of ketones is 1. The molecule has 15 heavy (non-hydrogen) atoms. The van der Waals surface area contributed by atoms with Crippen LogP contribution in [-0.2, 0) is 7.05 Å². The summed E-state index contributed by atoms with van der Waals surface area (Å²) in [6.07, 6.45) is 6.64. The first-order valence-corrected chi connectivity index (χ1v) is 5.41. The van der Waals surface area contributed by atoms with Gasteiger partial charge in [-0.2, -0.15) is 0 Å². The van der Waals surface area contributed by atoms with Crippen molar-refractivity contribution in [3.63, 3.8) is 0 Å². The van der Waals surface area contributed by atoms with Crippen LogP contribution in [0, 0.1) is 0 Å². The highest BCUT2D eigenvalue weighted by Gasteiger charge is 2.36. The van der Waals surface area contributed by atoms with E-state index in [1.54, 1.807) is 17.0 Å². The lowest BCUT2D eigenvalue weighted by molar-refractivity contribution is 0.0820. The fraction of sp³-hybridized carbons (Fsp3) is 0.636. The lowest BCUT2D eigenvalue weighted by atomic mass is 9.86. The minimum Gasteiger partial charge on any atom is -0.332 e. The molecule has 4 nitrogen and oxygen atoms in total. The van der Waals surface area contributed by atoms with Crippen LogP contribution >= 0.6 is 0 Å². The molecule has 0 radical (unpaired) electrons. The zero-order chi connectivity index (χ0) is 10.9. The van der Waals surface area contributed by atoms with Crippen molar-refractivity contribution < 1.29 is 4.79 Å². The number of nitrogens with one attached hydrogen (secondary N) is 1. The highest BCUT2D eigenvalue weighted by Crippen LogP contribution is 2.22. The molecule has 1 aliphatic rings. The Morgan fingerprint density at radius 3 is 2.93 bits per heavy atom. The van der Waals surface area contributed by atoms with Gasteiger partial charge in [-0.1, -0.05) is 0 Å². The number of Topliss-reactive ketones (excluding diaryl/α,β-unsaturated/α-hetero) is 1. The van der Waals surface area contributed by atoms with E-state index in [1.807, 2.05) is 14.0 Å². The number of aromatic nitrogens is 2. The second-order valence-electron chi connectivity index (χ2n) is 4.41. The number of carbonyl (C=O) groups excluding carboxylic acids is 1. The highest BCUT2D eigenvalue weighted by atomic mass is 16.1. The van der Waals surface area contributed by atoms with Crippen LogP contribution in [0.3, 0.4) is 0 Å². The molecule has 1 aliphatic heterocycles.